The van der Waals surface area contributed by atoms with Crippen molar-refractivity contribution in [3.05, 3.63) is 126 Å². The molecule has 0 spiro atoms. The Labute approximate surface area is 273 Å². The summed E-state index contributed by atoms with van der Waals surface area (Å²) in [6, 6.07) is 35.9. The Morgan fingerprint density at radius 1 is 0.844 bits per heavy atom. The van der Waals surface area contributed by atoms with Crippen molar-refractivity contribution in [3.8, 4) is 52.0 Å². The molecule has 3 heterocycles. The van der Waals surface area contributed by atoms with E-state index >= 15 is 0 Å². The van der Waals surface area contributed by atoms with E-state index < -0.39 is 0 Å². The monoisotopic (exact) mass is 765 g/mol. The molecule has 0 aliphatic carbocycles. The molecular formula is C36H22N6O2Pt. The second kappa shape index (κ2) is 12.1. The predicted octanol–water partition coefficient (Wildman–Crippen LogP) is 7.48. The van der Waals surface area contributed by atoms with Gasteiger partial charge in [0.25, 0.3) is 0 Å². The first kappa shape index (κ1) is 29.4. The molecule has 4 aromatic carbocycles. The maximum atomic E-state index is 9.71. The minimum atomic E-state index is 0. The van der Waals surface area contributed by atoms with Gasteiger partial charge in [-0.05, 0) is 47.8 Å². The Morgan fingerprint density at radius 3 is 2.40 bits per heavy atom. The van der Waals surface area contributed by atoms with E-state index in [1.165, 1.54) is 0 Å². The summed E-state index contributed by atoms with van der Waals surface area (Å²) in [5.74, 6) is 2.40. The summed E-state index contributed by atoms with van der Waals surface area (Å²) >= 11 is 0. The van der Waals surface area contributed by atoms with E-state index in [9.17, 15) is 10.5 Å². The number of nitrogens with zero attached hydrogens (tertiary/aromatic N) is 6. The van der Waals surface area contributed by atoms with E-state index in [-0.39, 0.29) is 21.1 Å². The fourth-order valence-corrected chi connectivity index (χ4v) is 5.43. The average Bonchev–Trinajstić information content (AvgIpc) is 3.67. The number of methoxy groups -OCH3 is 1. The van der Waals surface area contributed by atoms with Crippen LogP contribution < -0.4 is 9.47 Å². The first-order chi connectivity index (χ1) is 21.6. The van der Waals surface area contributed by atoms with Gasteiger partial charge in [0.1, 0.15) is 11.6 Å². The van der Waals surface area contributed by atoms with Gasteiger partial charge in [-0.25, -0.2) is 4.98 Å². The molecule has 0 radical (unpaired) electrons. The minimum absolute atomic E-state index is 0. The van der Waals surface area contributed by atoms with Gasteiger partial charge >= 0.3 is 21.1 Å². The molecule has 9 heteroatoms. The van der Waals surface area contributed by atoms with Crippen LogP contribution in [-0.4, -0.2) is 26.4 Å². The first-order valence-electron chi connectivity index (χ1n) is 13.7. The van der Waals surface area contributed by atoms with Gasteiger partial charge in [0.2, 0.25) is 0 Å². The van der Waals surface area contributed by atoms with Gasteiger partial charge in [-0.3, -0.25) is 4.68 Å². The van der Waals surface area contributed by atoms with Gasteiger partial charge in [-0.15, -0.1) is 35.7 Å². The fourth-order valence-electron chi connectivity index (χ4n) is 5.43. The third kappa shape index (κ3) is 5.33. The number of aromatic nitrogens is 4. The molecule has 45 heavy (non-hydrogen) atoms. The summed E-state index contributed by atoms with van der Waals surface area (Å²) in [4.78, 5) is 4.61. The Hall–Kier alpha value is -5.69. The van der Waals surface area contributed by atoms with Gasteiger partial charge in [0.05, 0.1) is 36.6 Å². The van der Waals surface area contributed by atoms with Crippen LogP contribution in [0.4, 0.5) is 0 Å². The zero-order chi connectivity index (χ0) is 30.2. The largest absolute Gasteiger partial charge is 2.00 e. The average molecular weight is 766 g/mol. The van der Waals surface area contributed by atoms with Crippen molar-refractivity contribution >= 4 is 21.8 Å². The summed E-state index contributed by atoms with van der Waals surface area (Å²) in [6.45, 7) is 1.86. The van der Waals surface area contributed by atoms with Gasteiger partial charge in [-0.1, -0.05) is 23.7 Å². The van der Waals surface area contributed by atoms with E-state index in [1.54, 1.807) is 42.5 Å². The molecule has 0 fully saturated rings. The number of nitriles is 2. The molecule has 0 aliphatic rings. The van der Waals surface area contributed by atoms with Crippen molar-refractivity contribution in [3.63, 3.8) is 0 Å². The Morgan fingerprint density at radius 2 is 1.62 bits per heavy atom. The maximum Gasteiger partial charge on any atom is 2.00 e. The standard InChI is InChI=1S/C36H22N6O2.Pt/c1-23-14-24(19-37)36(25(15-23)20-38)26-21-40-41(22-26)27-6-5-7-29(16-27)44-30-10-11-32-31-8-3-4-9-33(31)42(34(32)17-30)35-18-28(43-2)12-13-39-35;/h3-15,18,21-22H,1-2H3;/q-2;+2. The minimum Gasteiger partial charge on any atom is -0.509 e. The van der Waals surface area contributed by atoms with Gasteiger partial charge in [0.15, 0.2) is 0 Å². The Bertz CT molecular complexity index is 2270. The van der Waals surface area contributed by atoms with Crippen LogP contribution in [0.2, 0.25) is 0 Å². The summed E-state index contributed by atoms with van der Waals surface area (Å²) in [7, 11) is 1.63. The molecule has 0 bridgehead atoms. The van der Waals surface area contributed by atoms with Gasteiger partial charge < -0.3 is 14.0 Å². The van der Waals surface area contributed by atoms with E-state index in [1.807, 2.05) is 66.1 Å². The number of para-hydroxylation sites is 1. The van der Waals surface area contributed by atoms with Crippen LogP contribution in [-0.2, 0) is 21.1 Å². The quantitative estimate of drug-likeness (QED) is 0.163. The predicted molar refractivity (Wildman–Crippen MR) is 166 cm³/mol. The SMILES string of the molecule is COc1ccnc(-n2c3[c-]c(Oc4[c-]c(-n5cc(-c6c(C#N)cc(C)cc6C#N)cn5)ccc4)ccc3c3ccccc32)c1.[Pt+2]. The van der Waals surface area contributed by atoms with Gasteiger partial charge in [0, 0.05) is 46.6 Å². The zero-order valence-corrected chi connectivity index (χ0v) is 26.3. The number of pyridine rings is 1. The van der Waals surface area contributed by atoms with Crippen LogP contribution >= 0.6 is 0 Å². The molecule has 0 amide bonds. The zero-order valence-electron chi connectivity index (χ0n) is 24.1. The number of hydrogen-bond acceptors (Lipinski definition) is 6. The fraction of sp³-hybridized carbons (Fsp3) is 0.0556. The van der Waals surface area contributed by atoms with Crippen LogP contribution in [0.1, 0.15) is 16.7 Å². The van der Waals surface area contributed by atoms with E-state index in [4.69, 9.17) is 9.47 Å². The van der Waals surface area contributed by atoms with Crippen molar-refractivity contribution in [1.29, 1.82) is 10.5 Å². The molecule has 7 rings (SSSR count). The number of ether oxygens (including phenoxy) is 2. The van der Waals surface area contributed by atoms with Crippen LogP contribution in [0, 0.1) is 41.7 Å². The van der Waals surface area contributed by atoms with Crippen molar-refractivity contribution in [2.45, 2.75) is 6.92 Å². The molecule has 0 saturated carbocycles. The molecule has 218 valence electrons. The smallest absolute Gasteiger partial charge is 0.509 e. The molecule has 0 N–H and O–H groups in total. The van der Waals surface area contributed by atoms with Crippen LogP contribution in [0.25, 0.3) is 44.4 Å². The topological polar surface area (TPSA) is 102 Å². The van der Waals surface area contributed by atoms with Crippen LogP contribution in [0.15, 0.2) is 97.5 Å². The number of aryl methyl sites for hydroxylation is 1. The number of rotatable bonds is 6. The van der Waals surface area contributed by atoms with Crippen molar-refractivity contribution in [2.24, 2.45) is 0 Å². The van der Waals surface area contributed by atoms with Crippen molar-refractivity contribution in [1.82, 2.24) is 19.3 Å². The van der Waals surface area contributed by atoms with Crippen molar-refractivity contribution in [2.75, 3.05) is 7.11 Å². The molecule has 7 aromatic rings. The van der Waals surface area contributed by atoms with E-state index in [2.05, 4.69) is 46.5 Å². The molecule has 8 nitrogen and oxygen atoms in total. The maximum absolute atomic E-state index is 9.71. The molecule has 3 aromatic heterocycles. The molecule has 0 unspecified atom stereocenters. The normalized spacial score (nSPS) is 10.7. The van der Waals surface area contributed by atoms with Crippen LogP contribution in [0.3, 0.4) is 0 Å². The molecule has 0 aliphatic heterocycles. The van der Waals surface area contributed by atoms with Gasteiger partial charge in [-0.2, -0.15) is 27.8 Å². The summed E-state index contributed by atoms with van der Waals surface area (Å²) in [5, 5.41) is 26.0. The second-order valence-electron chi connectivity index (χ2n) is 10.1. The Kier molecular flexibility index (Phi) is 7.92. The summed E-state index contributed by atoms with van der Waals surface area (Å²) in [5.41, 5.74) is 5.36. The number of hydrogen-bond donors (Lipinski definition) is 0. The molecule has 0 atom stereocenters. The van der Waals surface area contributed by atoms with E-state index in [0.717, 1.165) is 27.4 Å². The first-order valence-corrected chi connectivity index (χ1v) is 13.7. The van der Waals surface area contributed by atoms with Crippen LogP contribution in [0.5, 0.6) is 17.2 Å². The Balaban J connectivity index is 0.00000357. The molecule has 0 saturated heterocycles. The summed E-state index contributed by atoms with van der Waals surface area (Å²) in [6.07, 6.45) is 5.14. The van der Waals surface area contributed by atoms with E-state index in [0.29, 0.717) is 51.0 Å². The number of benzene rings is 4. The summed E-state index contributed by atoms with van der Waals surface area (Å²) < 4.78 is 15.4. The third-order valence-electron chi connectivity index (χ3n) is 7.35. The number of fused-ring (bicyclic) bond motifs is 3. The third-order valence-corrected chi connectivity index (χ3v) is 7.35. The second-order valence-corrected chi connectivity index (χ2v) is 10.1. The molecular weight excluding hydrogens is 744 g/mol. The van der Waals surface area contributed by atoms with Crippen molar-refractivity contribution < 1.29 is 30.5 Å².